The van der Waals surface area contributed by atoms with Crippen LogP contribution in [0.25, 0.3) is 5.65 Å². The van der Waals surface area contributed by atoms with Crippen LogP contribution in [0.5, 0.6) is 0 Å². The molecule has 0 aromatic carbocycles. The van der Waals surface area contributed by atoms with E-state index in [9.17, 15) is 18.0 Å². The van der Waals surface area contributed by atoms with Gasteiger partial charge in [-0.05, 0) is 57.7 Å². The number of ether oxygens (including phenoxy) is 1. The molecular formula is C21H25F3N4O2. The SMILES string of the molecule is O=C(OC[C@H]1CCCN2CCCC[C@H]12)c1cc2nc(C3CC3)cc(C(F)(F)F)n2n1. The Morgan fingerprint density at radius 2 is 1.90 bits per heavy atom. The monoisotopic (exact) mass is 422 g/mol. The van der Waals surface area contributed by atoms with Gasteiger partial charge in [-0.15, -0.1) is 0 Å². The van der Waals surface area contributed by atoms with Crippen molar-refractivity contribution in [2.24, 2.45) is 5.92 Å². The number of halogens is 3. The average Bonchev–Trinajstić information content (AvgIpc) is 3.49. The van der Waals surface area contributed by atoms with Crippen LogP contribution in [0.1, 0.15) is 72.7 Å². The van der Waals surface area contributed by atoms with E-state index in [2.05, 4.69) is 15.0 Å². The second-order valence-electron chi connectivity index (χ2n) is 8.74. The summed E-state index contributed by atoms with van der Waals surface area (Å²) in [5, 5.41) is 3.89. The van der Waals surface area contributed by atoms with E-state index in [-0.39, 0.29) is 29.8 Å². The Bertz CT molecular complexity index is 952. The molecule has 1 saturated carbocycles. The smallest absolute Gasteiger partial charge is 0.433 e. The minimum absolute atomic E-state index is 0.0368. The summed E-state index contributed by atoms with van der Waals surface area (Å²) in [5.74, 6) is -0.356. The molecule has 0 amide bonds. The summed E-state index contributed by atoms with van der Waals surface area (Å²) in [5.41, 5.74) is -0.583. The van der Waals surface area contributed by atoms with Gasteiger partial charge in [-0.1, -0.05) is 6.42 Å². The fourth-order valence-electron chi connectivity index (χ4n) is 4.91. The third-order valence-corrected chi connectivity index (χ3v) is 6.60. The molecule has 0 radical (unpaired) electrons. The maximum atomic E-state index is 13.5. The fraction of sp³-hybridized carbons (Fsp3) is 0.667. The molecule has 3 aliphatic rings. The van der Waals surface area contributed by atoms with Crippen LogP contribution in [-0.2, 0) is 10.9 Å². The lowest BCUT2D eigenvalue weighted by Crippen LogP contribution is -2.49. The van der Waals surface area contributed by atoms with Crippen LogP contribution in [0.3, 0.4) is 0 Å². The van der Waals surface area contributed by atoms with E-state index in [1.165, 1.54) is 18.9 Å². The molecule has 0 unspecified atom stereocenters. The van der Waals surface area contributed by atoms with Gasteiger partial charge in [0.05, 0.1) is 6.61 Å². The van der Waals surface area contributed by atoms with Gasteiger partial charge in [-0.3, -0.25) is 4.90 Å². The van der Waals surface area contributed by atoms with E-state index in [0.717, 1.165) is 51.3 Å². The van der Waals surface area contributed by atoms with Gasteiger partial charge in [0.15, 0.2) is 11.3 Å². The Hall–Kier alpha value is -2.16. The molecule has 30 heavy (non-hydrogen) atoms. The zero-order chi connectivity index (χ0) is 20.9. The first-order chi connectivity index (χ1) is 14.4. The molecule has 2 aromatic rings. The maximum absolute atomic E-state index is 13.5. The normalized spacial score (nSPS) is 25.3. The molecule has 2 aliphatic heterocycles. The molecule has 2 saturated heterocycles. The van der Waals surface area contributed by atoms with Crippen LogP contribution < -0.4 is 0 Å². The predicted octanol–water partition coefficient (Wildman–Crippen LogP) is 4.05. The Kier molecular flexibility index (Phi) is 4.95. The third kappa shape index (κ3) is 3.79. The van der Waals surface area contributed by atoms with Crippen molar-refractivity contribution >= 4 is 11.6 Å². The lowest BCUT2D eigenvalue weighted by Gasteiger charge is -2.44. The van der Waals surface area contributed by atoms with Gasteiger partial charge in [0.2, 0.25) is 0 Å². The standard InChI is InChI=1S/C21H25F3N4O2/c22-21(23,24)18-10-15(13-6-7-13)25-19-11-16(26-28(18)19)20(29)30-12-14-4-3-9-27-8-2-1-5-17(14)27/h10-11,13-14,17H,1-9,12H2/t14-,17-/m1/s1. The largest absolute Gasteiger partial charge is 0.461 e. The second kappa shape index (κ2) is 7.51. The number of hydrogen-bond donors (Lipinski definition) is 0. The zero-order valence-corrected chi connectivity index (χ0v) is 16.7. The van der Waals surface area contributed by atoms with Gasteiger partial charge in [0, 0.05) is 29.6 Å². The Morgan fingerprint density at radius 1 is 1.10 bits per heavy atom. The molecule has 0 N–H and O–H groups in total. The van der Waals surface area contributed by atoms with E-state index >= 15 is 0 Å². The number of aromatic nitrogens is 3. The van der Waals surface area contributed by atoms with Crippen LogP contribution in [0.15, 0.2) is 12.1 Å². The number of nitrogens with zero attached hydrogens (tertiary/aromatic N) is 4. The van der Waals surface area contributed by atoms with Gasteiger partial charge >= 0.3 is 12.1 Å². The number of piperidine rings is 2. The van der Waals surface area contributed by atoms with Crippen molar-refractivity contribution in [1.29, 1.82) is 0 Å². The summed E-state index contributed by atoms with van der Waals surface area (Å²) in [6.45, 7) is 2.47. The predicted molar refractivity (Wildman–Crippen MR) is 102 cm³/mol. The number of fused-ring (bicyclic) bond motifs is 2. The summed E-state index contributed by atoms with van der Waals surface area (Å²) in [6, 6.07) is 2.78. The molecule has 162 valence electrons. The van der Waals surface area contributed by atoms with Crippen LogP contribution in [0.4, 0.5) is 13.2 Å². The molecule has 6 nitrogen and oxygen atoms in total. The molecule has 1 aliphatic carbocycles. The molecule has 0 bridgehead atoms. The quantitative estimate of drug-likeness (QED) is 0.696. The average molecular weight is 422 g/mol. The first-order valence-electron chi connectivity index (χ1n) is 10.8. The summed E-state index contributed by atoms with van der Waals surface area (Å²) >= 11 is 0. The first kappa shape index (κ1) is 19.8. The van der Waals surface area contributed by atoms with E-state index in [0.29, 0.717) is 16.3 Å². The number of hydrogen-bond acceptors (Lipinski definition) is 5. The Balaban J connectivity index is 1.35. The van der Waals surface area contributed by atoms with E-state index in [4.69, 9.17) is 4.74 Å². The van der Waals surface area contributed by atoms with Crippen LogP contribution >= 0.6 is 0 Å². The molecular weight excluding hydrogens is 397 g/mol. The highest BCUT2D eigenvalue weighted by molar-refractivity contribution is 5.88. The van der Waals surface area contributed by atoms with Gasteiger partial charge in [0.1, 0.15) is 5.69 Å². The molecule has 4 heterocycles. The summed E-state index contributed by atoms with van der Waals surface area (Å²) in [7, 11) is 0. The van der Waals surface area contributed by atoms with Crippen LogP contribution in [0.2, 0.25) is 0 Å². The lowest BCUT2D eigenvalue weighted by atomic mass is 9.84. The molecule has 0 spiro atoms. The van der Waals surface area contributed by atoms with Gasteiger partial charge < -0.3 is 4.74 Å². The van der Waals surface area contributed by atoms with Crippen molar-refractivity contribution in [3.8, 4) is 0 Å². The fourth-order valence-corrected chi connectivity index (χ4v) is 4.91. The highest BCUT2D eigenvalue weighted by Gasteiger charge is 2.38. The zero-order valence-electron chi connectivity index (χ0n) is 16.7. The third-order valence-electron chi connectivity index (χ3n) is 6.60. The maximum Gasteiger partial charge on any atom is 0.433 e. The summed E-state index contributed by atoms with van der Waals surface area (Å²) in [6.07, 6.45) is 2.69. The Labute approximate surface area is 172 Å². The second-order valence-corrected chi connectivity index (χ2v) is 8.74. The molecule has 5 rings (SSSR count). The van der Waals surface area contributed by atoms with E-state index in [1.54, 1.807) is 0 Å². The topological polar surface area (TPSA) is 59.7 Å². The van der Waals surface area contributed by atoms with Crippen LogP contribution in [-0.4, -0.2) is 51.2 Å². The van der Waals surface area contributed by atoms with Crippen molar-refractivity contribution < 1.29 is 22.7 Å². The van der Waals surface area contributed by atoms with Crippen LogP contribution in [0, 0.1) is 5.92 Å². The highest BCUT2D eigenvalue weighted by atomic mass is 19.4. The number of alkyl halides is 3. The van der Waals surface area contributed by atoms with Gasteiger partial charge in [-0.2, -0.15) is 18.3 Å². The summed E-state index contributed by atoms with van der Waals surface area (Å²) < 4.78 is 46.8. The summed E-state index contributed by atoms with van der Waals surface area (Å²) in [4.78, 5) is 19.4. The molecule has 9 heteroatoms. The van der Waals surface area contributed by atoms with E-state index < -0.39 is 17.8 Å². The highest BCUT2D eigenvalue weighted by Crippen LogP contribution is 2.41. The Morgan fingerprint density at radius 3 is 2.67 bits per heavy atom. The minimum Gasteiger partial charge on any atom is -0.461 e. The van der Waals surface area contributed by atoms with Crippen molar-refractivity contribution in [1.82, 2.24) is 19.5 Å². The number of carbonyl (C=O) groups excluding carboxylic acids is 1. The van der Waals surface area contributed by atoms with Crippen molar-refractivity contribution in [2.45, 2.75) is 63.1 Å². The molecule has 3 fully saturated rings. The van der Waals surface area contributed by atoms with E-state index in [1.807, 2.05) is 0 Å². The number of carbonyl (C=O) groups is 1. The number of esters is 1. The lowest BCUT2D eigenvalue weighted by molar-refractivity contribution is -0.142. The molecule has 2 aromatic heterocycles. The number of rotatable bonds is 4. The van der Waals surface area contributed by atoms with Crippen molar-refractivity contribution in [3.63, 3.8) is 0 Å². The molecule has 2 atom stereocenters. The van der Waals surface area contributed by atoms with Crippen molar-refractivity contribution in [2.75, 3.05) is 19.7 Å². The van der Waals surface area contributed by atoms with Crippen molar-refractivity contribution in [3.05, 3.63) is 29.2 Å². The minimum atomic E-state index is -4.58. The first-order valence-corrected chi connectivity index (χ1v) is 10.8. The van der Waals surface area contributed by atoms with Gasteiger partial charge in [-0.25, -0.2) is 14.3 Å². The van der Waals surface area contributed by atoms with Gasteiger partial charge in [0.25, 0.3) is 0 Å².